The topological polar surface area (TPSA) is 38.0 Å². The monoisotopic (exact) mass is 252 g/mol. The molecule has 1 aliphatic rings. The summed E-state index contributed by atoms with van der Waals surface area (Å²) in [5.41, 5.74) is 9.04. The van der Waals surface area contributed by atoms with Gasteiger partial charge in [-0.15, -0.1) is 0 Å². The molecule has 0 amide bonds. The maximum Gasteiger partial charge on any atom is 0.0357 e. The largest absolute Gasteiger partial charge is 0.323 e. The van der Waals surface area contributed by atoms with E-state index in [4.69, 9.17) is 5.73 Å². The van der Waals surface area contributed by atoms with Crippen LogP contribution in [-0.4, -0.2) is 12.1 Å². The van der Waals surface area contributed by atoms with Gasteiger partial charge in [-0.1, -0.05) is 60.7 Å². The van der Waals surface area contributed by atoms with Gasteiger partial charge < -0.3 is 11.1 Å². The first-order valence-corrected chi connectivity index (χ1v) is 6.86. The van der Waals surface area contributed by atoms with Gasteiger partial charge in [0.2, 0.25) is 0 Å². The van der Waals surface area contributed by atoms with Gasteiger partial charge in [0.1, 0.15) is 0 Å². The maximum absolute atomic E-state index is 6.42. The lowest BCUT2D eigenvalue weighted by Gasteiger charge is -2.13. The van der Waals surface area contributed by atoms with E-state index in [1.165, 1.54) is 11.1 Å². The Bertz CT molecular complexity index is 523. The molecule has 3 N–H and O–H groups in total. The van der Waals surface area contributed by atoms with Gasteiger partial charge >= 0.3 is 0 Å². The Morgan fingerprint density at radius 3 is 2.32 bits per heavy atom. The van der Waals surface area contributed by atoms with E-state index >= 15 is 0 Å². The van der Waals surface area contributed by atoms with Crippen LogP contribution in [0.3, 0.4) is 0 Å². The third kappa shape index (κ3) is 2.86. The van der Waals surface area contributed by atoms with E-state index in [-0.39, 0.29) is 5.54 Å². The first kappa shape index (κ1) is 12.4. The van der Waals surface area contributed by atoms with Crippen molar-refractivity contribution in [2.24, 2.45) is 5.73 Å². The Hall–Kier alpha value is -1.64. The minimum absolute atomic E-state index is 0.0594. The SMILES string of the molecule is NC1(CNCc2ccccc2)CC1c1ccccc1. The van der Waals surface area contributed by atoms with E-state index in [9.17, 15) is 0 Å². The normalized spacial score (nSPS) is 25.2. The second-order valence-electron chi connectivity index (χ2n) is 5.49. The van der Waals surface area contributed by atoms with Gasteiger partial charge in [0.05, 0.1) is 0 Å². The molecule has 19 heavy (non-hydrogen) atoms. The highest BCUT2D eigenvalue weighted by Crippen LogP contribution is 2.48. The molecular weight excluding hydrogens is 232 g/mol. The van der Waals surface area contributed by atoms with Crippen LogP contribution in [0.15, 0.2) is 60.7 Å². The standard InChI is InChI=1S/C17H20N2/c18-17(11-16(17)15-9-5-2-6-10-15)13-19-12-14-7-3-1-4-8-14/h1-10,16,19H,11-13,18H2. The summed E-state index contributed by atoms with van der Waals surface area (Å²) in [5, 5.41) is 3.48. The van der Waals surface area contributed by atoms with Gasteiger partial charge in [-0.2, -0.15) is 0 Å². The second-order valence-corrected chi connectivity index (χ2v) is 5.49. The number of benzene rings is 2. The summed E-state index contributed by atoms with van der Waals surface area (Å²) in [6.45, 7) is 1.77. The van der Waals surface area contributed by atoms with Gasteiger partial charge in [-0.25, -0.2) is 0 Å². The van der Waals surface area contributed by atoms with Crippen molar-refractivity contribution in [3.63, 3.8) is 0 Å². The van der Waals surface area contributed by atoms with Gasteiger partial charge in [0, 0.05) is 24.5 Å². The first-order chi connectivity index (χ1) is 9.28. The van der Waals surface area contributed by atoms with Gasteiger partial charge in [0.25, 0.3) is 0 Å². The third-order valence-electron chi connectivity index (χ3n) is 3.95. The van der Waals surface area contributed by atoms with Crippen LogP contribution in [0.5, 0.6) is 0 Å². The van der Waals surface area contributed by atoms with Crippen LogP contribution in [-0.2, 0) is 6.54 Å². The molecule has 1 aliphatic carbocycles. The highest BCUT2D eigenvalue weighted by Gasteiger charge is 2.51. The Balaban J connectivity index is 1.52. The molecule has 1 saturated carbocycles. The predicted molar refractivity (Wildman–Crippen MR) is 78.9 cm³/mol. The van der Waals surface area contributed by atoms with Gasteiger partial charge in [-0.05, 0) is 17.5 Å². The van der Waals surface area contributed by atoms with E-state index < -0.39 is 0 Å². The molecule has 0 heterocycles. The molecule has 2 aromatic rings. The molecule has 2 heteroatoms. The molecule has 3 rings (SSSR count). The van der Waals surface area contributed by atoms with Crippen LogP contribution in [0, 0.1) is 0 Å². The molecule has 0 aliphatic heterocycles. The van der Waals surface area contributed by atoms with E-state index in [1.54, 1.807) is 0 Å². The van der Waals surface area contributed by atoms with Crippen LogP contribution in [0.4, 0.5) is 0 Å². The van der Waals surface area contributed by atoms with Crippen LogP contribution in [0.25, 0.3) is 0 Å². The molecule has 2 aromatic carbocycles. The number of nitrogens with one attached hydrogen (secondary N) is 1. The van der Waals surface area contributed by atoms with E-state index in [0.717, 1.165) is 19.5 Å². The van der Waals surface area contributed by atoms with Crippen molar-refractivity contribution >= 4 is 0 Å². The minimum atomic E-state index is -0.0594. The third-order valence-corrected chi connectivity index (χ3v) is 3.95. The second kappa shape index (κ2) is 5.16. The van der Waals surface area contributed by atoms with Crippen molar-refractivity contribution in [1.29, 1.82) is 0 Å². The summed E-state index contributed by atoms with van der Waals surface area (Å²) >= 11 is 0. The number of rotatable bonds is 5. The van der Waals surface area contributed by atoms with E-state index in [0.29, 0.717) is 5.92 Å². The van der Waals surface area contributed by atoms with Crippen LogP contribution >= 0.6 is 0 Å². The summed E-state index contributed by atoms with van der Waals surface area (Å²) in [7, 11) is 0. The fraction of sp³-hybridized carbons (Fsp3) is 0.294. The average molecular weight is 252 g/mol. The lowest BCUT2D eigenvalue weighted by atomic mass is 10.1. The van der Waals surface area contributed by atoms with Crippen molar-refractivity contribution in [3.8, 4) is 0 Å². The van der Waals surface area contributed by atoms with Crippen molar-refractivity contribution < 1.29 is 0 Å². The highest BCUT2D eigenvalue weighted by atomic mass is 15.0. The molecular formula is C17H20N2. The number of hydrogen-bond donors (Lipinski definition) is 2. The molecule has 1 fully saturated rings. The molecule has 98 valence electrons. The van der Waals surface area contributed by atoms with Crippen LogP contribution in [0.1, 0.15) is 23.5 Å². The van der Waals surface area contributed by atoms with E-state index in [2.05, 4.69) is 59.9 Å². The molecule has 2 unspecified atom stereocenters. The van der Waals surface area contributed by atoms with Crippen LogP contribution < -0.4 is 11.1 Å². The lowest BCUT2D eigenvalue weighted by molar-refractivity contribution is 0.555. The van der Waals surface area contributed by atoms with Crippen molar-refractivity contribution in [2.45, 2.75) is 24.4 Å². The molecule has 2 atom stereocenters. The predicted octanol–water partition coefficient (Wildman–Crippen LogP) is 2.66. The summed E-state index contributed by atoms with van der Waals surface area (Å²) in [4.78, 5) is 0. The Labute approximate surface area is 114 Å². The molecule has 0 aromatic heterocycles. The van der Waals surface area contributed by atoms with Crippen molar-refractivity contribution in [2.75, 3.05) is 6.54 Å². The van der Waals surface area contributed by atoms with Crippen molar-refractivity contribution in [3.05, 3.63) is 71.8 Å². The Morgan fingerprint density at radius 1 is 1.00 bits per heavy atom. The van der Waals surface area contributed by atoms with Gasteiger partial charge in [-0.3, -0.25) is 0 Å². The average Bonchev–Trinajstić information content (AvgIpc) is 3.13. The van der Waals surface area contributed by atoms with Crippen LogP contribution in [0.2, 0.25) is 0 Å². The smallest absolute Gasteiger partial charge is 0.0357 e. The summed E-state index contributed by atoms with van der Waals surface area (Å²) in [6.07, 6.45) is 1.08. The maximum atomic E-state index is 6.42. The molecule has 0 spiro atoms. The lowest BCUT2D eigenvalue weighted by Crippen LogP contribution is -2.37. The quantitative estimate of drug-likeness (QED) is 0.858. The van der Waals surface area contributed by atoms with E-state index in [1.807, 2.05) is 6.07 Å². The zero-order chi connectivity index (χ0) is 13.1. The fourth-order valence-electron chi connectivity index (χ4n) is 2.69. The molecule has 0 bridgehead atoms. The summed E-state index contributed by atoms with van der Waals surface area (Å²) in [6, 6.07) is 21.0. The zero-order valence-electron chi connectivity index (χ0n) is 11.0. The summed E-state index contributed by atoms with van der Waals surface area (Å²) < 4.78 is 0. The zero-order valence-corrected chi connectivity index (χ0v) is 11.0. The number of hydrogen-bond acceptors (Lipinski definition) is 2. The van der Waals surface area contributed by atoms with Crippen molar-refractivity contribution in [1.82, 2.24) is 5.32 Å². The highest BCUT2D eigenvalue weighted by molar-refractivity contribution is 5.33. The minimum Gasteiger partial charge on any atom is -0.323 e. The number of nitrogens with two attached hydrogens (primary N) is 1. The molecule has 0 radical (unpaired) electrons. The Kier molecular flexibility index (Phi) is 3.36. The Morgan fingerprint density at radius 2 is 1.63 bits per heavy atom. The fourth-order valence-corrected chi connectivity index (χ4v) is 2.69. The summed E-state index contributed by atoms with van der Waals surface area (Å²) in [5.74, 6) is 0.511. The first-order valence-electron chi connectivity index (χ1n) is 6.86. The molecule has 2 nitrogen and oxygen atoms in total. The molecule has 0 saturated heterocycles. The van der Waals surface area contributed by atoms with Gasteiger partial charge in [0.15, 0.2) is 0 Å².